The topological polar surface area (TPSA) is 34.1 Å². The largest absolute Gasteiger partial charge is 0.496 e. The van der Waals surface area contributed by atoms with Crippen LogP contribution in [0.2, 0.25) is 0 Å². The Morgan fingerprint density at radius 3 is 2.40 bits per heavy atom. The molecular weight excluding hydrogens is 248 g/mol. The maximum absolute atomic E-state index is 5.48. The van der Waals surface area contributed by atoms with Gasteiger partial charge in [-0.05, 0) is 50.1 Å². The van der Waals surface area contributed by atoms with Crippen LogP contribution in [0.4, 0.5) is 0 Å². The number of aryl methyl sites for hydroxylation is 1. The number of pyridine rings is 1. The summed E-state index contributed by atoms with van der Waals surface area (Å²) in [5.41, 5.74) is 3.62. The Balaban J connectivity index is 2.14. The minimum atomic E-state index is 0.216. The lowest BCUT2D eigenvalue weighted by atomic mass is 10.0. The summed E-state index contributed by atoms with van der Waals surface area (Å²) in [5.74, 6) is 0.937. The van der Waals surface area contributed by atoms with Crippen LogP contribution in [0.1, 0.15) is 42.6 Å². The Morgan fingerprint density at radius 1 is 1.05 bits per heavy atom. The lowest BCUT2D eigenvalue weighted by molar-refractivity contribution is 0.396. The molecule has 1 aromatic heterocycles. The maximum atomic E-state index is 5.48. The van der Waals surface area contributed by atoms with E-state index in [-0.39, 0.29) is 12.1 Å². The molecule has 0 spiro atoms. The van der Waals surface area contributed by atoms with Crippen molar-refractivity contribution in [2.45, 2.75) is 32.9 Å². The van der Waals surface area contributed by atoms with Gasteiger partial charge in [0.15, 0.2) is 0 Å². The Morgan fingerprint density at radius 2 is 1.75 bits per heavy atom. The molecule has 0 amide bonds. The molecule has 0 saturated carbocycles. The van der Waals surface area contributed by atoms with Crippen LogP contribution in [0.15, 0.2) is 42.7 Å². The van der Waals surface area contributed by atoms with Crippen LogP contribution in [0.25, 0.3) is 0 Å². The van der Waals surface area contributed by atoms with Gasteiger partial charge in [-0.2, -0.15) is 0 Å². The van der Waals surface area contributed by atoms with Gasteiger partial charge in [-0.1, -0.05) is 12.1 Å². The van der Waals surface area contributed by atoms with Gasteiger partial charge in [0.1, 0.15) is 5.75 Å². The highest BCUT2D eigenvalue weighted by Crippen LogP contribution is 2.28. The third-order valence-electron chi connectivity index (χ3n) is 3.56. The second-order valence-electron chi connectivity index (χ2n) is 5.14. The number of nitrogens with zero attached hydrogens (tertiary/aromatic N) is 1. The van der Waals surface area contributed by atoms with E-state index in [0.29, 0.717) is 0 Å². The number of ether oxygens (including phenoxy) is 1. The van der Waals surface area contributed by atoms with E-state index in [9.17, 15) is 0 Å². The number of hydrogen-bond donors (Lipinski definition) is 1. The molecule has 0 fully saturated rings. The highest BCUT2D eigenvalue weighted by atomic mass is 16.5. The standard InChI is InChI=1S/C17H22N2O/c1-12-5-6-16(17(11-12)20-4)14(3)19-13(2)15-7-9-18-10-8-15/h5-11,13-14,19H,1-4H3. The van der Waals surface area contributed by atoms with Crippen LogP contribution in [0, 0.1) is 6.92 Å². The first-order valence-electron chi connectivity index (χ1n) is 6.92. The van der Waals surface area contributed by atoms with Crippen molar-refractivity contribution in [3.8, 4) is 5.75 Å². The molecule has 0 aliphatic carbocycles. The van der Waals surface area contributed by atoms with Crippen LogP contribution >= 0.6 is 0 Å². The fraction of sp³-hybridized carbons (Fsp3) is 0.353. The van der Waals surface area contributed by atoms with Crippen molar-refractivity contribution in [2.75, 3.05) is 7.11 Å². The predicted octanol–water partition coefficient (Wildman–Crippen LogP) is 3.81. The fourth-order valence-electron chi connectivity index (χ4n) is 2.39. The molecule has 0 radical (unpaired) electrons. The van der Waals surface area contributed by atoms with Crippen molar-refractivity contribution in [3.63, 3.8) is 0 Å². The van der Waals surface area contributed by atoms with Crippen LogP contribution in [0.5, 0.6) is 5.75 Å². The molecule has 2 aromatic rings. The Labute approximate surface area is 121 Å². The van der Waals surface area contributed by atoms with Gasteiger partial charge in [0.25, 0.3) is 0 Å². The molecule has 2 unspecified atom stereocenters. The average molecular weight is 270 g/mol. The van der Waals surface area contributed by atoms with E-state index in [1.807, 2.05) is 24.5 Å². The summed E-state index contributed by atoms with van der Waals surface area (Å²) >= 11 is 0. The summed E-state index contributed by atoms with van der Waals surface area (Å²) in [6.07, 6.45) is 3.65. The summed E-state index contributed by atoms with van der Waals surface area (Å²) < 4.78 is 5.48. The molecule has 0 bridgehead atoms. The highest BCUT2D eigenvalue weighted by molar-refractivity contribution is 5.39. The van der Waals surface area contributed by atoms with Gasteiger partial charge in [-0.15, -0.1) is 0 Å². The molecule has 2 atom stereocenters. The SMILES string of the molecule is COc1cc(C)ccc1C(C)NC(C)c1ccncc1. The van der Waals surface area contributed by atoms with Crippen molar-refractivity contribution in [1.29, 1.82) is 0 Å². The first-order valence-corrected chi connectivity index (χ1v) is 6.92. The van der Waals surface area contributed by atoms with Crippen molar-refractivity contribution < 1.29 is 4.74 Å². The second kappa shape index (κ2) is 6.53. The first-order chi connectivity index (χ1) is 9.61. The van der Waals surface area contributed by atoms with Crippen LogP contribution < -0.4 is 10.1 Å². The summed E-state index contributed by atoms with van der Waals surface area (Å²) in [4.78, 5) is 4.05. The van der Waals surface area contributed by atoms with E-state index < -0.39 is 0 Å². The van der Waals surface area contributed by atoms with Gasteiger partial charge in [0.2, 0.25) is 0 Å². The number of hydrogen-bond acceptors (Lipinski definition) is 3. The van der Waals surface area contributed by atoms with Gasteiger partial charge >= 0.3 is 0 Å². The van der Waals surface area contributed by atoms with Crippen molar-refractivity contribution >= 4 is 0 Å². The molecule has 1 heterocycles. The third-order valence-corrected chi connectivity index (χ3v) is 3.56. The molecule has 3 heteroatoms. The minimum Gasteiger partial charge on any atom is -0.496 e. The zero-order chi connectivity index (χ0) is 14.5. The molecule has 2 rings (SSSR count). The number of methoxy groups -OCH3 is 1. The Hall–Kier alpha value is -1.87. The number of aromatic nitrogens is 1. The Kier molecular flexibility index (Phi) is 4.74. The molecule has 106 valence electrons. The average Bonchev–Trinajstić information content (AvgIpc) is 2.47. The van der Waals surface area contributed by atoms with Gasteiger partial charge in [-0.3, -0.25) is 4.98 Å². The monoisotopic (exact) mass is 270 g/mol. The van der Waals surface area contributed by atoms with E-state index in [2.05, 4.69) is 49.3 Å². The van der Waals surface area contributed by atoms with Crippen molar-refractivity contribution in [2.24, 2.45) is 0 Å². The summed E-state index contributed by atoms with van der Waals surface area (Å²) in [6, 6.07) is 10.9. The van der Waals surface area contributed by atoms with E-state index >= 15 is 0 Å². The molecular formula is C17H22N2O. The molecule has 1 N–H and O–H groups in total. The maximum Gasteiger partial charge on any atom is 0.123 e. The van der Waals surface area contributed by atoms with Gasteiger partial charge < -0.3 is 10.1 Å². The summed E-state index contributed by atoms with van der Waals surface area (Å²) in [7, 11) is 1.72. The lowest BCUT2D eigenvalue weighted by Gasteiger charge is -2.22. The van der Waals surface area contributed by atoms with Crippen molar-refractivity contribution in [3.05, 3.63) is 59.4 Å². The predicted molar refractivity (Wildman–Crippen MR) is 81.9 cm³/mol. The van der Waals surface area contributed by atoms with Crippen LogP contribution in [-0.4, -0.2) is 12.1 Å². The third kappa shape index (κ3) is 3.36. The molecule has 20 heavy (non-hydrogen) atoms. The Bertz CT molecular complexity index is 554. The molecule has 0 aliphatic heterocycles. The lowest BCUT2D eigenvalue weighted by Crippen LogP contribution is -2.23. The van der Waals surface area contributed by atoms with Gasteiger partial charge in [0, 0.05) is 30.0 Å². The van der Waals surface area contributed by atoms with E-state index in [0.717, 1.165) is 5.75 Å². The minimum absolute atomic E-state index is 0.216. The molecule has 3 nitrogen and oxygen atoms in total. The zero-order valence-corrected chi connectivity index (χ0v) is 12.6. The number of rotatable bonds is 5. The van der Waals surface area contributed by atoms with E-state index in [4.69, 9.17) is 4.74 Å². The zero-order valence-electron chi connectivity index (χ0n) is 12.6. The van der Waals surface area contributed by atoms with Gasteiger partial charge in [-0.25, -0.2) is 0 Å². The highest BCUT2D eigenvalue weighted by Gasteiger charge is 2.14. The van der Waals surface area contributed by atoms with Gasteiger partial charge in [0.05, 0.1) is 7.11 Å². The fourth-order valence-corrected chi connectivity index (χ4v) is 2.39. The molecule has 0 aliphatic rings. The molecule has 1 aromatic carbocycles. The number of benzene rings is 1. The second-order valence-corrected chi connectivity index (χ2v) is 5.14. The smallest absolute Gasteiger partial charge is 0.123 e. The summed E-state index contributed by atoms with van der Waals surface area (Å²) in [5, 5.41) is 3.60. The normalized spacial score (nSPS) is 13.8. The van der Waals surface area contributed by atoms with Crippen LogP contribution in [-0.2, 0) is 0 Å². The summed E-state index contributed by atoms with van der Waals surface area (Å²) in [6.45, 7) is 6.39. The van der Waals surface area contributed by atoms with E-state index in [1.165, 1.54) is 16.7 Å². The van der Waals surface area contributed by atoms with Crippen LogP contribution in [0.3, 0.4) is 0 Å². The quantitative estimate of drug-likeness (QED) is 0.897. The van der Waals surface area contributed by atoms with E-state index in [1.54, 1.807) is 7.11 Å². The first kappa shape index (κ1) is 14.5. The van der Waals surface area contributed by atoms with Crippen molar-refractivity contribution in [1.82, 2.24) is 10.3 Å². The number of nitrogens with one attached hydrogen (secondary N) is 1. The molecule has 0 saturated heterocycles.